The highest BCUT2D eigenvalue weighted by Gasteiger charge is 2.33. The van der Waals surface area contributed by atoms with Crippen molar-refractivity contribution in [3.8, 4) is 0 Å². The summed E-state index contributed by atoms with van der Waals surface area (Å²) in [6.45, 7) is 8.65. The van der Waals surface area contributed by atoms with Gasteiger partial charge in [0.1, 0.15) is 0 Å². The van der Waals surface area contributed by atoms with Gasteiger partial charge in [0.2, 0.25) is 0 Å². The lowest BCUT2D eigenvalue weighted by Gasteiger charge is -2.33. The number of rotatable bonds is 4. The molecule has 0 amide bonds. The molecule has 0 saturated carbocycles. The summed E-state index contributed by atoms with van der Waals surface area (Å²) in [5.74, 6) is -1.42. The zero-order valence-corrected chi connectivity index (χ0v) is 17.6. The largest absolute Gasteiger partial charge is 0.473 e. The predicted octanol–water partition coefficient (Wildman–Crippen LogP) is 3.68. The lowest BCUT2D eigenvalue weighted by molar-refractivity contribution is -0.159. The van der Waals surface area contributed by atoms with Crippen LogP contribution in [0.4, 0.5) is 0 Å². The molecule has 1 aromatic rings. The summed E-state index contributed by atoms with van der Waals surface area (Å²) in [5.41, 5.74) is 1.51. The third-order valence-electron chi connectivity index (χ3n) is 4.79. The Balaban J connectivity index is 0.000000380. The van der Waals surface area contributed by atoms with Crippen LogP contribution >= 0.6 is 23.5 Å². The molecule has 2 heterocycles. The van der Waals surface area contributed by atoms with Crippen molar-refractivity contribution in [2.45, 2.75) is 42.4 Å². The van der Waals surface area contributed by atoms with Gasteiger partial charge in [0.25, 0.3) is 0 Å². The van der Waals surface area contributed by atoms with E-state index in [0.29, 0.717) is 4.08 Å². The van der Waals surface area contributed by atoms with Gasteiger partial charge in [0.15, 0.2) is 0 Å². The molecule has 2 fully saturated rings. The van der Waals surface area contributed by atoms with Crippen LogP contribution in [0.25, 0.3) is 0 Å². The Morgan fingerprint density at radius 3 is 2.19 bits per heavy atom. The van der Waals surface area contributed by atoms with Crippen LogP contribution in [-0.4, -0.2) is 61.8 Å². The maximum absolute atomic E-state index is 9.10. The second-order valence-electron chi connectivity index (χ2n) is 7.49. The first-order valence-corrected chi connectivity index (χ1v) is 11.2. The number of carbonyl (C=O) groups is 2. The Labute approximate surface area is 169 Å². The highest BCUT2D eigenvalue weighted by molar-refractivity contribution is 8.21. The smallest absolute Gasteiger partial charge is 0.414 e. The van der Waals surface area contributed by atoms with E-state index in [0.717, 1.165) is 11.2 Å². The summed E-state index contributed by atoms with van der Waals surface area (Å²) >= 11 is 4.32. The second kappa shape index (κ2) is 10.4. The van der Waals surface area contributed by atoms with Gasteiger partial charge in [-0.2, -0.15) is 0 Å². The third kappa shape index (κ3) is 8.15. The van der Waals surface area contributed by atoms with E-state index in [9.17, 15) is 0 Å². The molecule has 0 spiro atoms. The number of carboxylic acids is 2. The van der Waals surface area contributed by atoms with Gasteiger partial charge in [-0.15, -0.1) is 23.5 Å². The molecule has 2 N–H and O–H groups in total. The van der Waals surface area contributed by atoms with Gasteiger partial charge in [-0.1, -0.05) is 30.3 Å². The molecule has 27 heavy (non-hydrogen) atoms. The monoisotopic (exact) mass is 411 g/mol. The van der Waals surface area contributed by atoms with Crippen molar-refractivity contribution in [2.24, 2.45) is 5.92 Å². The van der Waals surface area contributed by atoms with Crippen molar-refractivity contribution in [3.63, 3.8) is 0 Å². The second-order valence-corrected chi connectivity index (χ2v) is 11.3. The van der Waals surface area contributed by atoms with Crippen LogP contribution in [0.5, 0.6) is 0 Å². The van der Waals surface area contributed by atoms with Gasteiger partial charge in [0.05, 0.1) is 4.08 Å². The number of hydrogen-bond donors (Lipinski definition) is 2. The Bertz CT molecular complexity index is 604. The molecule has 7 heteroatoms. The minimum absolute atomic E-state index is 0.441. The summed E-state index contributed by atoms with van der Waals surface area (Å²) in [4.78, 5) is 20.9. The van der Waals surface area contributed by atoms with Gasteiger partial charge >= 0.3 is 11.9 Å². The lowest BCUT2D eigenvalue weighted by Crippen LogP contribution is -2.38. The van der Waals surface area contributed by atoms with Crippen LogP contribution < -0.4 is 0 Å². The van der Waals surface area contributed by atoms with Crippen LogP contribution in [0.1, 0.15) is 32.3 Å². The van der Waals surface area contributed by atoms with Gasteiger partial charge < -0.3 is 15.1 Å². The molecule has 150 valence electrons. The van der Waals surface area contributed by atoms with E-state index in [-0.39, 0.29) is 0 Å². The topological polar surface area (TPSA) is 77.8 Å². The number of benzene rings is 1. The van der Waals surface area contributed by atoms with Crippen LogP contribution in [0.15, 0.2) is 30.3 Å². The fraction of sp³-hybridized carbons (Fsp3) is 0.600. The van der Waals surface area contributed by atoms with E-state index in [1.165, 1.54) is 50.2 Å². The molecule has 2 aliphatic heterocycles. The van der Waals surface area contributed by atoms with Gasteiger partial charge in [-0.25, -0.2) is 9.59 Å². The average molecular weight is 412 g/mol. The number of thioether (sulfide) groups is 2. The van der Waals surface area contributed by atoms with Crippen LogP contribution in [-0.2, 0) is 16.0 Å². The van der Waals surface area contributed by atoms with E-state index >= 15 is 0 Å². The first-order valence-electron chi connectivity index (χ1n) is 9.29. The molecule has 3 rings (SSSR count). The quantitative estimate of drug-likeness (QED) is 0.732. The van der Waals surface area contributed by atoms with E-state index in [4.69, 9.17) is 19.8 Å². The highest BCUT2D eigenvalue weighted by Crippen LogP contribution is 2.47. The van der Waals surface area contributed by atoms with Gasteiger partial charge in [-0.05, 0) is 57.7 Å². The fourth-order valence-electron chi connectivity index (χ4n) is 3.46. The van der Waals surface area contributed by atoms with Gasteiger partial charge in [0, 0.05) is 17.5 Å². The first kappa shape index (κ1) is 22.1. The number of likely N-dealkylation sites (tertiary alicyclic amines) is 1. The van der Waals surface area contributed by atoms with E-state index in [1.807, 2.05) is 0 Å². The van der Waals surface area contributed by atoms with Crippen LogP contribution in [0.2, 0.25) is 0 Å². The number of hydrogen-bond acceptors (Lipinski definition) is 5. The predicted molar refractivity (Wildman–Crippen MR) is 112 cm³/mol. The molecule has 2 aliphatic rings. The van der Waals surface area contributed by atoms with E-state index < -0.39 is 11.9 Å². The minimum Gasteiger partial charge on any atom is -0.473 e. The zero-order valence-electron chi connectivity index (χ0n) is 16.0. The number of piperidine rings is 1. The molecular formula is C20H29NO4S2. The van der Waals surface area contributed by atoms with Crippen molar-refractivity contribution in [1.82, 2.24) is 4.90 Å². The number of nitrogens with zero attached hydrogens (tertiary/aromatic N) is 1. The van der Waals surface area contributed by atoms with Gasteiger partial charge in [-0.3, -0.25) is 0 Å². The maximum atomic E-state index is 9.10. The van der Waals surface area contributed by atoms with Crippen molar-refractivity contribution in [1.29, 1.82) is 0 Å². The third-order valence-corrected chi connectivity index (χ3v) is 8.12. The van der Waals surface area contributed by atoms with Crippen LogP contribution in [0, 0.1) is 5.92 Å². The highest BCUT2D eigenvalue weighted by atomic mass is 32.2. The Morgan fingerprint density at radius 1 is 1.11 bits per heavy atom. The molecule has 5 nitrogen and oxygen atoms in total. The fourth-order valence-corrected chi connectivity index (χ4v) is 6.60. The lowest BCUT2D eigenvalue weighted by atomic mass is 9.90. The zero-order chi connectivity index (χ0) is 19.9. The summed E-state index contributed by atoms with van der Waals surface area (Å²) in [5, 5.41) is 15.6. The summed E-state index contributed by atoms with van der Waals surface area (Å²) in [7, 11) is 0. The molecule has 0 bridgehead atoms. The normalized spacial score (nSPS) is 22.7. The van der Waals surface area contributed by atoms with Crippen molar-refractivity contribution in [3.05, 3.63) is 35.9 Å². The molecule has 0 radical (unpaired) electrons. The first-order chi connectivity index (χ1) is 12.7. The molecule has 0 aliphatic carbocycles. The Kier molecular flexibility index (Phi) is 8.51. The molecule has 1 unspecified atom stereocenters. The molecule has 1 atom stereocenters. The Hall–Kier alpha value is -1.18. The number of aliphatic carboxylic acids is 2. The average Bonchev–Trinajstić information content (AvgIpc) is 2.96. The van der Waals surface area contributed by atoms with Crippen molar-refractivity contribution < 1.29 is 19.8 Å². The SMILES string of the molecule is CC1(C)SCC(CN2CCC(Cc3ccccc3)CC2)S1.O=C(O)C(=O)O. The number of carboxylic acid groups (broad SMARTS) is 2. The molecule has 2 saturated heterocycles. The van der Waals surface area contributed by atoms with Crippen molar-refractivity contribution in [2.75, 3.05) is 25.4 Å². The summed E-state index contributed by atoms with van der Waals surface area (Å²) in [6.07, 6.45) is 4.03. The van der Waals surface area contributed by atoms with Crippen molar-refractivity contribution >= 4 is 35.5 Å². The molecule has 1 aromatic carbocycles. The molecule has 0 aromatic heterocycles. The summed E-state index contributed by atoms with van der Waals surface area (Å²) in [6, 6.07) is 11.0. The molecular weight excluding hydrogens is 382 g/mol. The van der Waals surface area contributed by atoms with E-state index in [2.05, 4.69) is 72.6 Å². The minimum atomic E-state index is -1.82. The summed E-state index contributed by atoms with van der Waals surface area (Å²) < 4.78 is 0.441. The van der Waals surface area contributed by atoms with Crippen LogP contribution in [0.3, 0.4) is 0 Å². The Morgan fingerprint density at radius 2 is 1.70 bits per heavy atom. The van der Waals surface area contributed by atoms with E-state index in [1.54, 1.807) is 0 Å². The maximum Gasteiger partial charge on any atom is 0.414 e. The standard InChI is InChI=1S/C18H27NS2.C2H2O4/c1-18(2)20-14-17(21-18)13-19-10-8-16(9-11-19)12-15-6-4-3-5-7-15;3-1(4)2(5)6/h3-7,16-17H,8-14H2,1-2H3;(H,3,4)(H,5,6).